The molecule has 1 atom stereocenters. The second-order valence-electron chi connectivity index (χ2n) is 4.53. The Labute approximate surface area is 99.6 Å². The van der Waals surface area contributed by atoms with Gasteiger partial charge >= 0.3 is 0 Å². The molecule has 1 aromatic carbocycles. The van der Waals surface area contributed by atoms with E-state index < -0.39 is 11.6 Å². The normalized spacial score (nSPS) is 18.9. The highest BCUT2D eigenvalue weighted by molar-refractivity contribution is 6.20. The molecule has 88 valence electrons. The third kappa shape index (κ3) is 2.73. The van der Waals surface area contributed by atoms with Gasteiger partial charge in [-0.2, -0.15) is 0 Å². The minimum absolute atomic E-state index is 0.196. The van der Waals surface area contributed by atoms with Gasteiger partial charge in [-0.15, -0.1) is 11.6 Å². The van der Waals surface area contributed by atoms with E-state index in [1.54, 1.807) is 6.07 Å². The van der Waals surface area contributed by atoms with Crippen molar-refractivity contribution >= 4 is 11.6 Å². The maximum Gasteiger partial charge on any atom is 0.159 e. The Balaban J connectivity index is 2.02. The summed E-state index contributed by atoms with van der Waals surface area (Å²) in [5, 5.41) is -0.196. The van der Waals surface area contributed by atoms with E-state index in [9.17, 15) is 8.78 Å². The van der Waals surface area contributed by atoms with Crippen molar-refractivity contribution in [3.8, 4) is 0 Å². The molecule has 2 rings (SSSR count). The Morgan fingerprint density at radius 3 is 2.50 bits per heavy atom. The molecule has 0 aliphatic heterocycles. The van der Waals surface area contributed by atoms with Crippen LogP contribution in [0.4, 0.5) is 8.78 Å². The average molecular weight is 245 g/mol. The molecule has 1 aromatic rings. The fraction of sp³-hybridized carbons (Fsp3) is 0.538. The molecule has 16 heavy (non-hydrogen) atoms. The second-order valence-corrected chi connectivity index (χ2v) is 5.05. The highest BCUT2D eigenvalue weighted by atomic mass is 35.5. The molecule has 0 saturated heterocycles. The third-order valence-electron chi connectivity index (χ3n) is 3.32. The Bertz CT molecular complexity index is 359. The molecule has 0 amide bonds. The van der Waals surface area contributed by atoms with Crippen LogP contribution in [0, 0.1) is 17.6 Å². The molecule has 0 N–H and O–H groups in total. The molecule has 0 spiro atoms. The zero-order valence-corrected chi connectivity index (χ0v) is 9.81. The number of hydrogen-bond acceptors (Lipinski definition) is 0. The SMILES string of the molecule is Fc1ccc(C(Cl)CC2CCCC2)cc1F. The molecule has 0 nitrogen and oxygen atoms in total. The first kappa shape index (κ1) is 11.8. The number of hydrogen-bond donors (Lipinski definition) is 0. The van der Waals surface area contributed by atoms with Crippen molar-refractivity contribution in [1.82, 2.24) is 0 Å². The zero-order chi connectivity index (χ0) is 11.5. The highest BCUT2D eigenvalue weighted by Gasteiger charge is 2.20. The molecule has 3 heteroatoms. The fourth-order valence-electron chi connectivity index (χ4n) is 2.38. The lowest BCUT2D eigenvalue weighted by Gasteiger charge is -2.14. The summed E-state index contributed by atoms with van der Waals surface area (Å²) in [6.07, 6.45) is 5.84. The van der Waals surface area contributed by atoms with E-state index in [4.69, 9.17) is 11.6 Å². The molecule has 0 heterocycles. The second kappa shape index (κ2) is 5.13. The first-order chi connectivity index (χ1) is 7.66. The summed E-state index contributed by atoms with van der Waals surface area (Å²) in [5.41, 5.74) is 0.687. The predicted molar refractivity (Wildman–Crippen MR) is 61.5 cm³/mol. The van der Waals surface area contributed by atoms with E-state index in [1.807, 2.05) is 0 Å². The summed E-state index contributed by atoms with van der Waals surface area (Å²) in [6.45, 7) is 0. The molecule has 1 aliphatic carbocycles. The van der Waals surface area contributed by atoms with Gasteiger partial charge in [0.1, 0.15) is 0 Å². The van der Waals surface area contributed by atoms with Crippen LogP contribution in [0.2, 0.25) is 0 Å². The maximum atomic E-state index is 13.0. The van der Waals surface area contributed by atoms with Gasteiger partial charge in [0.05, 0.1) is 5.38 Å². The van der Waals surface area contributed by atoms with Gasteiger partial charge in [0.15, 0.2) is 11.6 Å². The lowest BCUT2D eigenvalue weighted by Crippen LogP contribution is -2.00. The lowest BCUT2D eigenvalue weighted by atomic mass is 9.98. The molecule has 0 aromatic heterocycles. The van der Waals surface area contributed by atoms with Crippen LogP contribution in [-0.2, 0) is 0 Å². The van der Waals surface area contributed by atoms with Gasteiger partial charge in [-0.25, -0.2) is 8.78 Å². The first-order valence-corrected chi connectivity index (χ1v) is 6.19. The summed E-state index contributed by atoms with van der Waals surface area (Å²) in [7, 11) is 0. The van der Waals surface area contributed by atoms with Gasteiger partial charge in [0.25, 0.3) is 0 Å². The van der Waals surface area contributed by atoms with Crippen LogP contribution in [0.15, 0.2) is 18.2 Å². The minimum Gasteiger partial charge on any atom is -0.204 e. The standard InChI is InChI=1S/C13H15ClF2/c14-11(7-9-3-1-2-4-9)10-5-6-12(15)13(16)8-10/h5-6,8-9,11H,1-4,7H2. The van der Waals surface area contributed by atoms with Crippen LogP contribution < -0.4 is 0 Å². The van der Waals surface area contributed by atoms with Gasteiger partial charge in [-0.05, 0) is 30.0 Å². The summed E-state index contributed by atoms with van der Waals surface area (Å²) >= 11 is 6.22. The van der Waals surface area contributed by atoms with Gasteiger partial charge < -0.3 is 0 Å². The summed E-state index contributed by atoms with van der Waals surface area (Å²) in [5.74, 6) is -0.973. The molecular weight excluding hydrogens is 230 g/mol. The third-order valence-corrected chi connectivity index (χ3v) is 3.75. The van der Waals surface area contributed by atoms with Crippen LogP contribution in [0.3, 0.4) is 0 Å². The quantitative estimate of drug-likeness (QED) is 0.669. The van der Waals surface area contributed by atoms with E-state index >= 15 is 0 Å². The zero-order valence-electron chi connectivity index (χ0n) is 9.06. The van der Waals surface area contributed by atoms with Crippen molar-refractivity contribution in [2.75, 3.05) is 0 Å². The van der Waals surface area contributed by atoms with Crippen molar-refractivity contribution in [1.29, 1.82) is 0 Å². The first-order valence-electron chi connectivity index (χ1n) is 5.76. The minimum atomic E-state index is -0.812. The van der Waals surface area contributed by atoms with Gasteiger partial charge in [-0.3, -0.25) is 0 Å². The molecule has 1 aliphatic rings. The molecule has 1 saturated carbocycles. The molecular formula is C13H15ClF2. The van der Waals surface area contributed by atoms with Crippen molar-refractivity contribution < 1.29 is 8.78 Å². The van der Waals surface area contributed by atoms with Crippen molar-refractivity contribution in [3.63, 3.8) is 0 Å². The summed E-state index contributed by atoms with van der Waals surface area (Å²) in [6, 6.07) is 3.93. The van der Waals surface area contributed by atoms with Crippen LogP contribution in [-0.4, -0.2) is 0 Å². The molecule has 0 radical (unpaired) electrons. The lowest BCUT2D eigenvalue weighted by molar-refractivity contribution is 0.487. The van der Waals surface area contributed by atoms with E-state index in [-0.39, 0.29) is 5.38 Å². The topological polar surface area (TPSA) is 0 Å². The van der Waals surface area contributed by atoms with Gasteiger partial charge in [-0.1, -0.05) is 31.7 Å². The maximum absolute atomic E-state index is 13.0. The molecule has 0 bridgehead atoms. The van der Waals surface area contributed by atoms with Crippen LogP contribution in [0.25, 0.3) is 0 Å². The van der Waals surface area contributed by atoms with E-state index in [2.05, 4.69) is 0 Å². The number of halogens is 3. The number of alkyl halides is 1. The molecule has 1 fully saturated rings. The molecule has 1 unspecified atom stereocenters. The van der Waals surface area contributed by atoms with Crippen molar-refractivity contribution in [2.24, 2.45) is 5.92 Å². The highest BCUT2D eigenvalue weighted by Crippen LogP contribution is 2.36. The summed E-state index contributed by atoms with van der Waals surface area (Å²) < 4.78 is 25.8. The smallest absolute Gasteiger partial charge is 0.159 e. The van der Waals surface area contributed by atoms with Crippen molar-refractivity contribution in [2.45, 2.75) is 37.5 Å². The average Bonchev–Trinajstić information content (AvgIpc) is 2.74. The van der Waals surface area contributed by atoms with Crippen LogP contribution >= 0.6 is 11.6 Å². The van der Waals surface area contributed by atoms with Gasteiger partial charge in [0, 0.05) is 0 Å². The largest absolute Gasteiger partial charge is 0.204 e. The number of benzene rings is 1. The van der Waals surface area contributed by atoms with E-state index in [0.717, 1.165) is 12.5 Å². The van der Waals surface area contributed by atoms with Crippen molar-refractivity contribution in [3.05, 3.63) is 35.4 Å². The Hall–Kier alpha value is -0.630. The predicted octanol–water partition coefficient (Wildman–Crippen LogP) is 4.83. The Morgan fingerprint density at radius 2 is 1.88 bits per heavy atom. The van der Waals surface area contributed by atoms with Crippen LogP contribution in [0.5, 0.6) is 0 Å². The Morgan fingerprint density at radius 1 is 1.19 bits per heavy atom. The van der Waals surface area contributed by atoms with Gasteiger partial charge in [0.2, 0.25) is 0 Å². The van der Waals surface area contributed by atoms with E-state index in [1.165, 1.54) is 31.7 Å². The Kier molecular flexibility index (Phi) is 3.80. The fourth-order valence-corrected chi connectivity index (χ4v) is 2.77. The van der Waals surface area contributed by atoms with E-state index in [0.29, 0.717) is 11.5 Å². The van der Waals surface area contributed by atoms with Crippen LogP contribution in [0.1, 0.15) is 43.0 Å². The summed E-state index contributed by atoms with van der Waals surface area (Å²) in [4.78, 5) is 0. The monoisotopic (exact) mass is 244 g/mol. The number of rotatable bonds is 3.